The van der Waals surface area contributed by atoms with Crippen molar-refractivity contribution in [1.82, 2.24) is 4.98 Å². The normalized spacial score (nSPS) is 10.3. The summed E-state index contributed by atoms with van der Waals surface area (Å²) in [5.41, 5.74) is 7.89. The van der Waals surface area contributed by atoms with Crippen molar-refractivity contribution in [3.05, 3.63) is 34.8 Å². The highest BCUT2D eigenvalue weighted by Crippen LogP contribution is 2.22. The highest BCUT2D eigenvalue weighted by Gasteiger charge is 2.01. The first-order valence-electron chi connectivity index (χ1n) is 4.88. The fourth-order valence-corrected chi connectivity index (χ4v) is 2.00. The summed E-state index contributed by atoms with van der Waals surface area (Å²) < 4.78 is 0. The van der Waals surface area contributed by atoms with Gasteiger partial charge in [0.15, 0.2) is 5.13 Å². The van der Waals surface area contributed by atoms with E-state index in [1.807, 2.05) is 18.4 Å². The molecule has 4 nitrogen and oxygen atoms in total. The Morgan fingerprint density at radius 3 is 2.94 bits per heavy atom. The van der Waals surface area contributed by atoms with Crippen molar-refractivity contribution in [1.29, 1.82) is 0 Å². The predicted molar refractivity (Wildman–Crippen MR) is 66.7 cm³/mol. The first-order chi connectivity index (χ1) is 7.65. The maximum absolute atomic E-state index is 9.44. The SMILES string of the molecule is Cc1csc(NCc2ccc(N)c(O)c2)n1. The lowest BCUT2D eigenvalue weighted by Crippen LogP contribution is -1.99. The molecule has 0 bridgehead atoms. The number of nitrogens with two attached hydrogens (primary N) is 1. The molecule has 5 heteroatoms. The number of nitrogens with zero attached hydrogens (tertiary/aromatic N) is 1. The number of benzene rings is 1. The van der Waals surface area contributed by atoms with Crippen molar-refractivity contribution in [2.75, 3.05) is 11.1 Å². The molecule has 0 atom stereocenters. The minimum absolute atomic E-state index is 0.120. The zero-order valence-electron chi connectivity index (χ0n) is 8.90. The maximum atomic E-state index is 9.44. The van der Waals surface area contributed by atoms with E-state index in [2.05, 4.69) is 10.3 Å². The van der Waals surface area contributed by atoms with Gasteiger partial charge in [0.05, 0.1) is 11.4 Å². The van der Waals surface area contributed by atoms with Gasteiger partial charge in [-0.05, 0) is 24.6 Å². The van der Waals surface area contributed by atoms with Crippen LogP contribution in [-0.4, -0.2) is 10.1 Å². The van der Waals surface area contributed by atoms with Crippen LogP contribution < -0.4 is 11.1 Å². The van der Waals surface area contributed by atoms with E-state index in [0.717, 1.165) is 16.4 Å². The number of phenolic OH excluding ortho intramolecular Hbond substituents is 1. The molecule has 0 saturated heterocycles. The molecule has 0 aliphatic carbocycles. The third kappa shape index (κ3) is 2.43. The first kappa shape index (κ1) is 10.8. The van der Waals surface area contributed by atoms with Gasteiger partial charge < -0.3 is 16.2 Å². The number of anilines is 2. The molecule has 84 valence electrons. The molecule has 16 heavy (non-hydrogen) atoms. The van der Waals surface area contributed by atoms with Gasteiger partial charge in [-0.3, -0.25) is 0 Å². The zero-order valence-corrected chi connectivity index (χ0v) is 9.71. The van der Waals surface area contributed by atoms with Crippen LogP contribution in [0.2, 0.25) is 0 Å². The Kier molecular flexibility index (Phi) is 2.96. The molecule has 2 aromatic rings. The molecular weight excluding hydrogens is 222 g/mol. The van der Waals surface area contributed by atoms with Gasteiger partial charge in [0.2, 0.25) is 0 Å². The molecule has 0 amide bonds. The van der Waals surface area contributed by atoms with Gasteiger partial charge in [0.1, 0.15) is 5.75 Å². The molecule has 1 aromatic heterocycles. The Morgan fingerprint density at radius 2 is 2.31 bits per heavy atom. The first-order valence-corrected chi connectivity index (χ1v) is 5.76. The standard InChI is InChI=1S/C11H13N3OS/c1-7-6-16-11(14-7)13-5-8-2-3-9(12)10(15)4-8/h2-4,6,15H,5,12H2,1H3,(H,13,14). The molecule has 4 N–H and O–H groups in total. The Bertz CT molecular complexity index is 496. The average molecular weight is 235 g/mol. The van der Waals surface area contributed by atoms with Crippen molar-refractivity contribution >= 4 is 22.2 Å². The van der Waals surface area contributed by atoms with Crippen LogP contribution in [0.3, 0.4) is 0 Å². The van der Waals surface area contributed by atoms with E-state index in [4.69, 9.17) is 5.73 Å². The number of phenols is 1. The van der Waals surface area contributed by atoms with Crippen molar-refractivity contribution in [2.24, 2.45) is 0 Å². The highest BCUT2D eigenvalue weighted by atomic mass is 32.1. The topological polar surface area (TPSA) is 71.2 Å². The molecule has 1 aromatic carbocycles. The Morgan fingerprint density at radius 1 is 1.50 bits per heavy atom. The third-order valence-electron chi connectivity index (χ3n) is 2.16. The Hall–Kier alpha value is -1.75. The summed E-state index contributed by atoms with van der Waals surface area (Å²) in [6, 6.07) is 5.23. The smallest absolute Gasteiger partial charge is 0.183 e. The van der Waals surface area contributed by atoms with E-state index in [9.17, 15) is 5.11 Å². The van der Waals surface area contributed by atoms with Gasteiger partial charge in [-0.2, -0.15) is 0 Å². The summed E-state index contributed by atoms with van der Waals surface area (Å²) in [4.78, 5) is 4.29. The molecule has 0 aliphatic rings. The van der Waals surface area contributed by atoms with Crippen LogP contribution >= 0.6 is 11.3 Å². The van der Waals surface area contributed by atoms with Crippen LogP contribution in [0.1, 0.15) is 11.3 Å². The number of aromatic hydroxyl groups is 1. The molecule has 2 rings (SSSR count). The second-order valence-electron chi connectivity index (χ2n) is 3.54. The number of nitrogen functional groups attached to an aromatic ring is 1. The third-order valence-corrected chi connectivity index (χ3v) is 3.08. The number of nitrogens with one attached hydrogen (secondary N) is 1. The summed E-state index contributed by atoms with van der Waals surface area (Å²) in [6.45, 7) is 2.58. The largest absolute Gasteiger partial charge is 0.506 e. The van der Waals surface area contributed by atoms with E-state index in [1.54, 1.807) is 23.5 Å². The zero-order chi connectivity index (χ0) is 11.5. The summed E-state index contributed by atoms with van der Waals surface area (Å²) in [6.07, 6.45) is 0. The second-order valence-corrected chi connectivity index (χ2v) is 4.40. The van der Waals surface area contributed by atoms with E-state index in [-0.39, 0.29) is 5.75 Å². The molecule has 0 radical (unpaired) electrons. The van der Waals surface area contributed by atoms with Crippen molar-refractivity contribution in [3.8, 4) is 5.75 Å². The van der Waals surface area contributed by atoms with Crippen molar-refractivity contribution in [2.45, 2.75) is 13.5 Å². The predicted octanol–water partition coefficient (Wildman–Crippen LogP) is 2.35. The van der Waals surface area contributed by atoms with Gasteiger partial charge in [0, 0.05) is 11.9 Å². The van der Waals surface area contributed by atoms with Gasteiger partial charge in [-0.15, -0.1) is 11.3 Å². The fourth-order valence-electron chi connectivity index (χ4n) is 1.31. The van der Waals surface area contributed by atoms with E-state index < -0.39 is 0 Å². The number of aromatic nitrogens is 1. The Labute approximate surface area is 97.8 Å². The minimum Gasteiger partial charge on any atom is -0.506 e. The number of hydrogen-bond acceptors (Lipinski definition) is 5. The minimum atomic E-state index is 0.120. The lowest BCUT2D eigenvalue weighted by atomic mass is 10.2. The summed E-state index contributed by atoms with van der Waals surface area (Å²) >= 11 is 1.57. The van der Waals surface area contributed by atoms with Crippen LogP contribution in [0.4, 0.5) is 10.8 Å². The van der Waals surface area contributed by atoms with Crippen LogP contribution in [0, 0.1) is 6.92 Å². The number of thiazole rings is 1. The lowest BCUT2D eigenvalue weighted by molar-refractivity contribution is 0.477. The van der Waals surface area contributed by atoms with Crippen LogP contribution in [0.25, 0.3) is 0 Å². The summed E-state index contributed by atoms with van der Waals surface area (Å²) in [7, 11) is 0. The molecule has 0 unspecified atom stereocenters. The molecule has 0 saturated carbocycles. The quantitative estimate of drug-likeness (QED) is 0.564. The van der Waals surface area contributed by atoms with E-state index in [1.165, 1.54) is 0 Å². The monoisotopic (exact) mass is 235 g/mol. The number of rotatable bonds is 3. The highest BCUT2D eigenvalue weighted by molar-refractivity contribution is 7.13. The average Bonchev–Trinajstić information content (AvgIpc) is 2.66. The van der Waals surface area contributed by atoms with E-state index in [0.29, 0.717) is 12.2 Å². The molecule has 0 aliphatic heterocycles. The summed E-state index contributed by atoms with van der Waals surface area (Å²) in [5.74, 6) is 0.120. The van der Waals surface area contributed by atoms with Crippen LogP contribution in [-0.2, 0) is 6.54 Å². The Balaban J connectivity index is 2.02. The van der Waals surface area contributed by atoms with Gasteiger partial charge >= 0.3 is 0 Å². The summed E-state index contributed by atoms with van der Waals surface area (Å²) in [5, 5.41) is 15.5. The number of aryl methyl sites for hydroxylation is 1. The fraction of sp³-hybridized carbons (Fsp3) is 0.182. The van der Waals surface area contributed by atoms with Crippen LogP contribution in [0.15, 0.2) is 23.6 Å². The maximum Gasteiger partial charge on any atom is 0.183 e. The van der Waals surface area contributed by atoms with E-state index >= 15 is 0 Å². The van der Waals surface area contributed by atoms with Gasteiger partial charge in [-0.25, -0.2) is 4.98 Å². The van der Waals surface area contributed by atoms with Crippen molar-refractivity contribution in [3.63, 3.8) is 0 Å². The van der Waals surface area contributed by atoms with Gasteiger partial charge in [-0.1, -0.05) is 6.07 Å². The molecular formula is C11H13N3OS. The second kappa shape index (κ2) is 4.40. The number of hydrogen-bond donors (Lipinski definition) is 3. The van der Waals surface area contributed by atoms with Gasteiger partial charge in [0.25, 0.3) is 0 Å². The molecule has 1 heterocycles. The lowest BCUT2D eigenvalue weighted by Gasteiger charge is -2.05. The van der Waals surface area contributed by atoms with Crippen molar-refractivity contribution < 1.29 is 5.11 Å². The molecule has 0 spiro atoms. The molecule has 0 fully saturated rings. The van der Waals surface area contributed by atoms with Crippen LogP contribution in [0.5, 0.6) is 5.75 Å².